The van der Waals surface area contributed by atoms with Crippen LogP contribution >= 0.6 is 23.2 Å². The molecule has 2 aromatic carbocycles. The lowest BCUT2D eigenvalue weighted by Gasteiger charge is -2.23. The van der Waals surface area contributed by atoms with Crippen molar-refractivity contribution in [3.05, 3.63) is 65.5 Å². The predicted octanol–water partition coefficient (Wildman–Crippen LogP) is 3.27. The van der Waals surface area contributed by atoms with Gasteiger partial charge in [-0.05, 0) is 48.7 Å². The van der Waals surface area contributed by atoms with Crippen LogP contribution in [0.5, 0.6) is 0 Å². The monoisotopic (exact) mass is 497 g/mol. The molecule has 33 heavy (non-hydrogen) atoms. The zero-order valence-corrected chi connectivity index (χ0v) is 20.1. The second kappa shape index (κ2) is 14.0. The molecule has 0 aliphatic heterocycles. The number of anilines is 1. The normalized spacial score (nSPS) is 12.6. The van der Waals surface area contributed by atoms with Crippen molar-refractivity contribution in [1.29, 1.82) is 0 Å². The summed E-state index contributed by atoms with van der Waals surface area (Å²) in [5, 5.41) is 2.68. The topological polar surface area (TPSA) is 84.7 Å². The average Bonchev–Trinajstić information content (AvgIpc) is 2.80. The number of carbonyl (C=O) groups excluding carboxylic acids is 2. The first-order valence-corrected chi connectivity index (χ1v) is 11.9. The van der Waals surface area contributed by atoms with Crippen molar-refractivity contribution in [2.45, 2.75) is 31.8 Å². The number of halogens is 3. The summed E-state index contributed by atoms with van der Waals surface area (Å²) in [6.45, 7) is 3.22. The molecule has 0 saturated carbocycles. The van der Waals surface area contributed by atoms with Crippen molar-refractivity contribution < 1.29 is 18.7 Å². The molecule has 0 fully saturated rings. The quantitative estimate of drug-likeness (QED) is 0.327. The van der Waals surface area contributed by atoms with Crippen molar-refractivity contribution in [3.63, 3.8) is 0 Å². The molecule has 0 aliphatic rings. The van der Waals surface area contributed by atoms with Gasteiger partial charge in [-0.15, -0.1) is 23.2 Å². The molecular formula is C24H30Cl2FN3O3. The Labute approximate surface area is 204 Å². The van der Waals surface area contributed by atoms with Crippen LogP contribution in [0.2, 0.25) is 0 Å². The first-order chi connectivity index (χ1) is 15.9. The van der Waals surface area contributed by atoms with Gasteiger partial charge < -0.3 is 20.7 Å². The maximum Gasteiger partial charge on any atom is 0.328 e. The van der Waals surface area contributed by atoms with Gasteiger partial charge >= 0.3 is 5.97 Å². The van der Waals surface area contributed by atoms with Crippen LogP contribution in [0, 0.1) is 5.82 Å². The summed E-state index contributed by atoms with van der Waals surface area (Å²) < 4.78 is 18.3. The number of hydrogen-bond acceptors (Lipinski definition) is 5. The van der Waals surface area contributed by atoms with E-state index in [2.05, 4.69) is 10.2 Å². The molecule has 0 bridgehead atoms. The lowest BCUT2D eigenvalue weighted by molar-refractivity contribution is -0.147. The minimum Gasteiger partial charge on any atom is -0.464 e. The molecular weight excluding hydrogens is 468 g/mol. The molecule has 2 aromatic rings. The Morgan fingerprint density at radius 3 is 2.09 bits per heavy atom. The highest BCUT2D eigenvalue weighted by Crippen LogP contribution is 2.16. The molecule has 6 nitrogen and oxygen atoms in total. The van der Waals surface area contributed by atoms with Crippen LogP contribution in [-0.4, -0.2) is 55.4 Å². The standard InChI is InChI=1S/C24H30Cl2FN3O3/c1-2-33-24(32)22(16-18-3-7-19(27)8-4-18)29-23(31)21(28)15-17-5-9-20(10-6-17)30(13-11-25)14-12-26/h3-10,21-22H,2,11-16,28H2,1H3,(H,29,31)/t21-,22?/m0/s1. The number of nitrogens with two attached hydrogens (primary N) is 1. The van der Waals surface area contributed by atoms with Gasteiger partial charge in [-0.1, -0.05) is 24.3 Å². The maximum atomic E-state index is 13.2. The third kappa shape index (κ3) is 8.84. The van der Waals surface area contributed by atoms with E-state index in [1.165, 1.54) is 12.1 Å². The Balaban J connectivity index is 2.02. The SMILES string of the molecule is CCOC(=O)C(Cc1ccc(F)cc1)NC(=O)[C@@H](N)Cc1ccc(N(CCCl)CCCl)cc1. The second-order valence-corrected chi connectivity index (χ2v) is 8.24. The number of carbonyl (C=O) groups is 2. The molecule has 0 radical (unpaired) electrons. The largest absolute Gasteiger partial charge is 0.464 e. The van der Waals surface area contributed by atoms with Crippen LogP contribution in [0.3, 0.4) is 0 Å². The van der Waals surface area contributed by atoms with Crippen LogP contribution in [0.4, 0.5) is 10.1 Å². The fraction of sp³-hybridized carbons (Fsp3) is 0.417. The number of rotatable bonds is 13. The van der Waals surface area contributed by atoms with Gasteiger partial charge in [0.25, 0.3) is 0 Å². The highest BCUT2D eigenvalue weighted by molar-refractivity contribution is 6.18. The van der Waals surface area contributed by atoms with Crippen molar-refractivity contribution in [3.8, 4) is 0 Å². The number of alkyl halides is 2. The molecule has 180 valence electrons. The summed E-state index contributed by atoms with van der Waals surface area (Å²) in [4.78, 5) is 27.2. The van der Waals surface area contributed by atoms with Crippen LogP contribution in [-0.2, 0) is 27.2 Å². The smallest absolute Gasteiger partial charge is 0.328 e. The minimum absolute atomic E-state index is 0.170. The number of hydrogen-bond donors (Lipinski definition) is 2. The molecule has 0 aliphatic carbocycles. The van der Waals surface area contributed by atoms with Gasteiger partial charge in [-0.2, -0.15) is 0 Å². The lowest BCUT2D eigenvalue weighted by atomic mass is 10.0. The van der Waals surface area contributed by atoms with Gasteiger partial charge in [0.1, 0.15) is 11.9 Å². The van der Waals surface area contributed by atoms with E-state index in [0.29, 0.717) is 36.8 Å². The van der Waals surface area contributed by atoms with Gasteiger partial charge in [-0.25, -0.2) is 9.18 Å². The Kier molecular flexibility index (Phi) is 11.4. The number of nitrogens with one attached hydrogen (secondary N) is 1. The second-order valence-electron chi connectivity index (χ2n) is 7.49. The van der Waals surface area contributed by atoms with E-state index in [-0.39, 0.29) is 18.8 Å². The van der Waals surface area contributed by atoms with Crippen LogP contribution < -0.4 is 16.0 Å². The fourth-order valence-electron chi connectivity index (χ4n) is 3.33. The number of amides is 1. The zero-order chi connectivity index (χ0) is 24.2. The van der Waals surface area contributed by atoms with E-state index in [4.69, 9.17) is 33.7 Å². The molecule has 1 amide bonds. The summed E-state index contributed by atoms with van der Waals surface area (Å²) in [6, 6.07) is 11.6. The molecule has 0 heterocycles. The van der Waals surface area contributed by atoms with Crippen LogP contribution in [0.1, 0.15) is 18.1 Å². The number of nitrogens with zero attached hydrogens (tertiary/aromatic N) is 1. The van der Waals surface area contributed by atoms with E-state index in [1.807, 2.05) is 24.3 Å². The highest BCUT2D eigenvalue weighted by atomic mass is 35.5. The Morgan fingerprint density at radius 1 is 1.00 bits per heavy atom. The fourth-order valence-corrected chi connectivity index (χ4v) is 3.74. The summed E-state index contributed by atoms with van der Waals surface area (Å²) in [6.07, 6.45) is 0.465. The molecule has 3 N–H and O–H groups in total. The minimum atomic E-state index is -0.920. The van der Waals surface area contributed by atoms with E-state index in [0.717, 1.165) is 11.3 Å². The zero-order valence-electron chi connectivity index (χ0n) is 18.6. The molecule has 2 atom stereocenters. The van der Waals surface area contributed by atoms with Crippen molar-refractivity contribution in [2.75, 3.05) is 36.4 Å². The van der Waals surface area contributed by atoms with Gasteiger partial charge in [-0.3, -0.25) is 4.79 Å². The number of esters is 1. The van der Waals surface area contributed by atoms with Crippen LogP contribution in [0.15, 0.2) is 48.5 Å². The van der Waals surface area contributed by atoms with Gasteiger partial charge in [0.15, 0.2) is 0 Å². The van der Waals surface area contributed by atoms with Gasteiger partial charge in [0, 0.05) is 37.0 Å². The molecule has 0 aromatic heterocycles. The number of benzene rings is 2. The van der Waals surface area contributed by atoms with E-state index in [1.54, 1.807) is 19.1 Å². The van der Waals surface area contributed by atoms with E-state index >= 15 is 0 Å². The molecule has 1 unspecified atom stereocenters. The van der Waals surface area contributed by atoms with Crippen molar-refractivity contribution in [1.82, 2.24) is 5.32 Å². The van der Waals surface area contributed by atoms with Crippen molar-refractivity contribution >= 4 is 40.8 Å². The first kappa shape index (κ1) is 26.9. The average molecular weight is 498 g/mol. The molecule has 0 spiro atoms. The summed E-state index contributed by atoms with van der Waals surface area (Å²) in [7, 11) is 0. The highest BCUT2D eigenvalue weighted by Gasteiger charge is 2.25. The number of ether oxygens (including phenoxy) is 1. The predicted molar refractivity (Wildman–Crippen MR) is 130 cm³/mol. The van der Waals surface area contributed by atoms with Gasteiger partial charge in [0.05, 0.1) is 12.6 Å². The Morgan fingerprint density at radius 2 is 1.55 bits per heavy atom. The Hall–Kier alpha value is -2.35. The summed E-state index contributed by atoms with van der Waals surface area (Å²) >= 11 is 11.7. The summed E-state index contributed by atoms with van der Waals surface area (Å²) in [5.41, 5.74) is 8.68. The third-order valence-corrected chi connectivity index (χ3v) is 5.38. The molecule has 9 heteroatoms. The van der Waals surface area contributed by atoms with Crippen molar-refractivity contribution in [2.24, 2.45) is 5.73 Å². The molecule has 0 saturated heterocycles. The van der Waals surface area contributed by atoms with Gasteiger partial charge in [0.2, 0.25) is 5.91 Å². The summed E-state index contributed by atoms with van der Waals surface area (Å²) in [5.74, 6) is -0.431. The lowest BCUT2D eigenvalue weighted by Crippen LogP contribution is -2.50. The van der Waals surface area contributed by atoms with Crippen LogP contribution in [0.25, 0.3) is 0 Å². The van der Waals surface area contributed by atoms with E-state index in [9.17, 15) is 14.0 Å². The third-order valence-electron chi connectivity index (χ3n) is 5.04. The first-order valence-electron chi connectivity index (χ1n) is 10.8. The Bertz CT molecular complexity index is 876. The van der Waals surface area contributed by atoms with E-state index < -0.39 is 24.0 Å². The molecule has 2 rings (SSSR count). The maximum absolute atomic E-state index is 13.2.